The molecule has 0 amide bonds. The van der Waals surface area contributed by atoms with Gasteiger partial charge < -0.3 is 0 Å². The van der Waals surface area contributed by atoms with E-state index in [0.717, 1.165) is 24.8 Å². The van der Waals surface area contributed by atoms with Crippen molar-refractivity contribution in [3.05, 3.63) is 35.4 Å². The largest absolute Gasteiger partial charge is 0.416 e. The first-order chi connectivity index (χ1) is 7.93. The lowest BCUT2D eigenvalue weighted by Crippen LogP contribution is -2.05. The third-order valence-electron chi connectivity index (χ3n) is 2.92. The molecule has 1 aromatic rings. The van der Waals surface area contributed by atoms with Crippen LogP contribution < -0.4 is 0 Å². The first kappa shape index (κ1) is 14.1. The zero-order valence-electron chi connectivity index (χ0n) is 10.3. The third-order valence-corrected chi connectivity index (χ3v) is 2.92. The lowest BCUT2D eigenvalue weighted by atomic mass is 9.95. The minimum Gasteiger partial charge on any atom is -0.166 e. The van der Waals surface area contributed by atoms with Crippen molar-refractivity contribution in [3.63, 3.8) is 0 Å². The minimum atomic E-state index is -4.23. The first-order valence-electron chi connectivity index (χ1n) is 6.09. The van der Waals surface area contributed by atoms with Crippen LogP contribution in [0.25, 0.3) is 0 Å². The molecule has 0 radical (unpaired) electrons. The average Bonchev–Trinajstić information content (AvgIpc) is 2.26. The van der Waals surface area contributed by atoms with E-state index in [9.17, 15) is 13.2 Å². The van der Waals surface area contributed by atoms with Gasteiger partial charge in [0.2, 0.25) is 0 Å². The van der Waals surface area contributed by atoms with E-state index in [0.29, 0.717) is 5.92 Å². The molecule has 1 rings (SSSR count). The molecule has 1 atom stereocenters. The fraction of sp³-hybridized carbons (Fsp3) is 0.571. The maximum absolute atomic E-state index is 12.3. The van der Waals surface area contributed by atoms with Gasteiger partial charge in [0.15, 0.2) is 0 Å². The van der Waals surface area contributed by atoms with Crippen LogP contribution >= 0.6 is 0 Å². The van der Waals surface area contributed by atoms with E-state index >= 15 is 0 Å². The normalized spacial score (nSPS) is 13.7. The van der Waals surface area contributed by atoms with Gasteiger partial charge in [0.05, 0.1) is 5.56 Å². The number of unbranched alkanes of at least 4 members (excludes halogenated alkanes) is 1. The van der Waals surface area contributed by atoms with E-state index < -0.39 is 11.7 Å². The Morgan fingerprint density at radius 1 is 1.12 bits per heavy atom. The molecule has 0 N–H and O–H groups in total. The summed E-state index contributed by atoms with van der Waals surface area (Å²) in [5, 5.41) is 0. The number of hydrogen-bond acceptors (Lipinski definition) is 0. The maximum atomic E-state index is 12.3. The van der Waals surface area contributed by atoms with Crippen LogP contribution in [-0.4, -0.2) is 0 Å². The van der Waals surface area contributed by atoms with Crippen LogP contribution in [0.1, 0.15) is 44.2 Å². The lowest BCUT2D eigenvalue weighted by Gasteiger charge is -2.12. The highest BCUT2D eigenvalue weighted by Gasteiger charge is 2.29. The van der Waals surface area contributed by atoms with Gasteiger partial charge in [-0.05, 0) is 30.0 Å². The van der Waals surface area contributed by atoms with Gasteiger partial charge in [-0.1, -0.05) is 45.2 Å². The predicted molar refractivity (Wildman–Crippen MR) is 63.8 cm³/mol. The molecule has 0 heterocycles. The molecule has 0 aromatic heterocycles. The smallest absolute Gasteiger partial charge is 0.166 e. The standard InChI is InChI=1S/C14H19F3/c1-3-4-5-11(2)10-12-6-8-13(9-7-12)14(15,16)17/h6-9,11H,3-5,10H2,1-2H3. The summed E-state index contributed by atoms with van der Waals surface area (Å²) in [4.78, 5) is 0. The summed E-state index contributed by atoms with van der Waals surface area (Å²) < 4.78 is 37.0. The summed E-state index contributed by atoms with van der Waals surface area (Å²) in [5.41, 5.74) is 0.420. The molecule has 0 saturated heterocycles. The van der Waals surface area contributed by atoms with E-state index in [-0.39, 0.29) is 0 Å². The Labute approximate surface area is 101 Å². The quantitative estimate of drug-likeness (QED) is 0.678. The van der Waals surface area contributed by atoms with Gasteiger partial charge in [-0.3, -0.25) is 0 Å². The van der Waals surface area contributed by atoms with E-state index in [4.69, 9.17) is 0 Å². The molecule has 0 bridgehead atoms. The number of halogens is 3. The van der Waals surface area contributed by atoms with Crippen LogP contribution in [-0.2, 0) is 12.6 Å². The molecule has 0 saturated carbocycles. The fourth-order valence-corrected chi connectivity index (χ4v) is 1.89. The van der Waals surface area contributed by atoms with Crippen molar-refractivity contribution in [3.8, 4) is 0 Å². The van der Waals surface area contributed by atoms with E-state index in [1.54, 1.807) is 12.1 Å². The lowest BCUT2D eigenvalue weighted by molar-refractivity contribution is -0.137. The molecule has 17 heavy (non-hydrogen) atoms. The average molecular weight is 244 g/mol. The zero-order chi connectivity index (χ0) is 12.9. The Morgan fingerprint density at radius 3 is 2.18 bits per heavy atom. The van der Waals surface area contributed by atoms with Crippen molar-refractivity contribution in [2.45, 2.75) is 45.7 Å². The minimum absolute atomic E-state index is 0.534. The van der Waals surface area contributed by atoms with Crippen molar-refractivity contribution in [1.29, 1.82) is 0 Å². The highest BCUT2D eigenvalue weighted by molar-refractivity contribution is 5.24. The highest BCUT2D eigenvalue weighted by Crippen LogP contribution is 2.29. The molecular weight excluding hydrogens is 225 g/mol. The van der Waals surface area contributed by atoms with E-state index in [1.807, 2.05) is 0 Å². The Bertz CT molecular complexity index is 324. The molecular formula is C14H19F3. The van der Waals surface area contributed by atoms with Crippen LogP contribution in [0.15, 0.2) is 24.3 Å². The number of hydrogen-bond donors (Lipinski definition) is 0. The molecule has 0 fully saturated rings. The molecule has 0 aliphatic heterocycles. The SMILES string of the molecule is CCCCC(C)Cc1ccc(C(F)(F)F)cc1. The molecule has 96 valence electrons. The van der Waals surface area contributed by atoms with Crippen LogP contribution in [0.2, 0.25) is 0 Å². The second-order valence-corrected chi connectivity index (χ2v) is 4.65. The predicted octanol–water partition coefficient (Wildman–Crippen LogP) is 5.07. The molecule has 3 heteroatoms. The van der Waals surface area contributed by atoms with Crippen molar-refractivity contribution in [2.75, 3.05) is 0 Å². The van der Waals surface area contributed by atoms with Gasteiger partial charge >= 0.3 is 6.18 Å². The van der Waals surface area contributed by atoms with Crippen molar-refractivity contribution >= 4 is 0 Å². The van der Waals surface area contributed by atoms with E-state index in [2.05, 4.69) is 13.8 Å². The van der Waals surface area contributed by atoms with Gasteiger partial charge in [0.1, 0.15) is 0 Å². The van der Waals surface area contributed by atoms with Gasteiger partial charge in [-0.15, -0.1) is 0 Å². The second-order valence-electron chi connectivity index (χ2n) is 4.65. The van der Waals surface area contributed by atoms with Gasteiger partial charge in [0, 0.05) is 0 Å². The van der Waals surface area contributed by atoms with Crippen LogP contribution in [0.3, 0.4) is 0 Å². The molecule has 0 spiro atoms. The second kappa shape index (κ2) is 6.08. The van der Waals surface area contributed by atoms with Crippen molar-refractivity contribution < 1.29 is 13.2 Å². The fourth-order valence-electron chi connectivity index (χ4n) is 1.89. The van der Waals surface area contributed by atoms with Gasteiger partial charge in [0.25, 0.3) is 0 Å². The molecule has 0 aliphatic carbocycles. The number of rotatable bonds is 5. The Hall–Kier alpha value is -0.990. The number of alkyl halides is 3. The summed E-state index contributed by atoms with van der Waals surface area (Å²) in [6, 6.07) is 5.51. The number of benzene rings is 1. The molecule has 1 unspecified atom stereocenters. The van der Waals surface area contributed by atoms with Gasteiger partial charge in [-0.25, -0.2) is 0 Å². The Morgan fingerprint density at radius 2 is 1.71 bits per heavy atom. The maximum Gasteiger partial charge on any atom is 0.416 e. The molecule has 0 aliphatic rings. The zero-order valence-corrected chi connectivity index (χ0v) is 10.3. The van der Waals surface area contributed by atoms with Crippen LogP contribution in [0.4, 0.5) is 13.2 Å². The first-order valence-corrected chi connectivity index (χ1v) is 6.09. The van der Waals surface area contributed by atoms with Crippen molar-refractivity contribution in [1.82, 2.24) is 0 Å². The molecule has 1 aromatic carbocycles. The highest BCUT2D eigenvalue weighted by atomic mass is 19.4. The Balaban J connectivity index is 2.56. The van der Waals surface area contributed by atoms with Crippen LogP contribution in [0, 0.1) is 5.92 Å². The summed E-state index contributed by atoms with van der Waals surface area (Å²) in [7, 11) is 0. The van der Waals surface area contributed by atoms with E-state index in [1.165, 1.54) is 18.6 Å². The Kier molecular flexibility index (Phi) is 5.03. The summed E-state index contributed by atoms with van der Waals surface area (Å²) in [6.45, 7) is 4.29. The van der Waals surface area contributed by atoms with Crippen LogP contribution in [0.5, 0.6) is 0 Å². The monoisotopic (exact) mass is 244 g/mol. The van der Waals surface area contributed by atoms with Crippen molar-refractivity contribution in [2.24, 2.45) is 5.92 Å². The summed E-state index contributed by atoms with van der Waals surface area (Å²) in [6.07, 6.45) is 0.112. The summed E-state index contributed by atoms with van der Waals surface area (Å²) >= 11 is 0. The third kappa shape index (κ3) is 4.80. The summed E-state index contributed by atoms with van der Waals surface area (Å²) in [5.74, 6) is 0.534. The van der Waals surface area contributed by atoms with Gasteiger partial charge in [-0.2, -0.15) is 13.2 Å². The topological polar surface area (TPSA) is 0 Å². The molecule has 0 nitrogen and oxygen atoms in total.